The first-order chi connectivity index (χ1) is 6.62. The maximum Gasteiger partial charge on any atom is 0.225 e. The largest absolute Gasteiger partial charge is 0.325 e. The van der Waals surface area contributed by atoms with Crippen molar-refractivity contribution in [2.45, 2.75) is 59.5 Å². The van der Waals surface area contributed by atoms with Crippen LogP contribution in [0.3, 0.4) is 0 Å². The fourth-order valence-corrected chi connectivity index (χ4v) is 1.87. The van der Waals surface area contributed by atoms with Gasteiger partial charge >= 0.3 is 0 Å². The molecule has 1 amide bonds. The van der Waals surface area contributed by atoms with Crippen molar-refractivity contribution in [3.63, 3.8) is 0 Å². The SMILES string of the molecule is CC(C)(C)C1CC(=O)N(C(C)(C)C)CN1. The summed E-state index contributed by atoms with van der Waals surface area (Å²) in [6, 6.07) is 0.295. The molecule has 15 heavy (non-hydrogen) atoms. The number of hydrogen-bond donors (Lipinski definition) is 1. The highest BCUT2D eigenvalue weighted by molar-refractivity contribution is 5.78. The third-order valence-electron chi connectivity index (χ3n) is 3.03. The van der Waals surface area contributed by atoms with Crippen molar-refractivity contribution in [1.82, 2.24) is 10.2 Å². The lowest BCUT2D eigenvalue weighted by atomic mass is 9.83. The van der Waals surface area contributed by atoms with Crippen LogP contribution in [0.5, 0.6) is 0 Å². The fraction of sp³-hybridized carbons (Fsp3) is 0.917. The van der Waals surface area contributed by atoms with Gasteiger partial charge in [-0.15, -0.1) is 0 Å². The number of amides is 1. The molecule has 0 aromatic carbocycles. The predicted molar refractivity (Wildman–Crippen MR) is 62.5 cm³/mol. The molecule has 1 atom stereocenters. The molecule has 1 aliphatic heterocycles. The minimum Gasteiger partial charge on any atom is -0.325 e. The molecule has 88 valence electrons. The molecule has 1 N–H and O–H groups in total. The van der Waals surface area contributed by atoms with Crippen molar-refractivity contribution < 1.29 is 4.79 Å². The highest BCUT2D eigenvalue weighted by Gasteiger charge is 2.36. The summed E-state index contributed by atoms with van der Waals surface area (Å²) in [6.45, 7) is 13.4. The molecule has 3 nitrogen and oxygen atoms in total. The van der Waals surface area contributed by atoms with Gasteiger partial charge in [0, 0.05) is 18.0 Å². The second-order valence-corrected chi connectivity index (χ2v) is 6.48. The number of nitrogens with one attached hydrogen (secondary N) is 1. The van der Waals surface area contributed by atoms with Gasteiger partial charge in [0.15, 0.2) is 0 Å². The maximum atomic E-state index is 12.0. The monoisotopic (exact) mass is 212 g/mol. The van der Waals surface area contributed by atoms with Crippen LogP contribution in [-0.4, -0.2) is 29.1 Å². The van der Waals surface area contributed by atoms with Gasteiger partial charge in [0.05, 0.1) is 6.67 Å². The standard InChI is InChI=1S/C12H24N2O/c1-11(2,3)9-7-10(15)14(8-13-9)12(4,5)6/h9,13H,7-8H2,1-6H3. The summed E-state index contributed by atoms with van der Waals surface area (Å²) in [4.78, 5) is 13.9. The highest BCUT2D eigenvalue weighted by atomic mass is 16.2. The molecule has 1 saturated heterocycles. The molecule has 0 spiro atoms. The number of nitrogens with zero attached hydrogens (tertiary/aromatic N) is 1. The van der Waals surface area contributed by atoms with E-state index in [-0.39, 0.29) is 16.9 Å². The quantitative estimate of drug-likeness (QED) is 0.666. The predicted octanol–water partition coefficient (Wildman–Crippen LogP) is 1.98. The Balaban J connectivity index is 2.68. The number of rotatable bonds is 0. The van der Waals surface area contributed by atoms with E-state index in [1.807, 2.05) is 4.90 Å². The molecule has 0 aromatic rings. The third-order valence-corrected chi connectivity index (χ3v) is 3.03. The summed E-state index contributed by atoms with van der Waals surface area (Å²) >= 11 is 0. The summed E-state index contributed by atoms with van der Waals surface area (Å²) in [7, 11) is 0. The summed E-state index contributed by atoms with van der Waals surface area (Å²) < 4.78 is 0. The zero-order valence-electron chi connectivity index (χ0n) is 10.8. The summed E-state index contributed by atoms with van der Waals surface area (Å²) in [6.07, 6.45) is 0.612. The molecule has 0 saturated carbocycles. The van der Waals surface area contributed by atoms with E-state index in [1.165, 1.54) is 0 Å². The summed E-state index contributed by atoms with van der Waals surface area (Å²) in [5, 5.41) is 3.45. The van der Waals surface area contributed by atoms with E-state index in [0.29, 0.717) is 19.1 Å². The van der Waals surface area contributed by atoms with Crippen LogP contribution in [0.4, 0.5) is 0 Å². The number of hydrogen-bond acceptors (Lipinski definition) is 2. The summed E-state index contributed by atoms with van der Waals surface area (Å²) in [5.74, 6) is 0.265. The van der Waals surface area contributed by atoms with Crippen molar-refractivity contribution in [3.8, 4) is 0 Å². The lowest BCUT2D eigenvalue weighted by Crippen LogP contribution is -2.60. The molecule has 1 aliphatic rings. The Morgan fingerprint density at radius 2 is 1.73 bits per heavy atom. The van der Waals surface area contributed by atoms with Crippen LogP contribution in [0.15, 0.2) is 0 Å². The topological polar surface area (TPSA) is 32.3 Å². The number of carbonyl (C=O) groups excluding carboxylic acids is 1. The Morgan fingerprint density at radius 1 is 1.20 bits per heavy atom. The minimum absolute atomic E-state index is 0.0765. The Kier molecular flexibility index (Phi) is 3.15. The van der Waals surface area contributed by atoms with Crippen molar-refractivity contribution in [2.75, 3.05) is 6.67 Å². The van der Waals surface area contributed by atoms with Crippen LogP contribution in [0.1, 0.15) is 48.0 Å². The fourth-order valence-electron chi connectivity index (χ4n) is 1.87. The zero-order chi connectivity index (χ0) is 11.9. The average Bonchev–Trinajstić information content (AvgIpc) is 1.99. The molecule has 0 aromatic heterocycles. The Morgan fingerprint density at radius 3 is 2.07 bits per heavy atom. The second kappa shape index (κ2) is 3.78. The third kappa shape index (κ3) is 2.94. The van der Waals surface area contributed by atoms with Crippen LogP contribution in [0.2, 0.25) is 0 Å². The lowest BCUT2D eigenvalue weighted by molar-refractivity contribution is -0.141. The first kappa shape index (κ1) is 12.5. The van der Waals surface area contributed by atoms with Gasteiger partial charge in [-0.25, -0.2) is 0 Å². The van der Waals surface area contributed by atoms with Crippen molar-refractivity contribution in [2.24, 2.45) is 5.41 Å². The van der Waals surface area contributed by atoms with Gasteiger partial charge in [0.2, 0.25) is 5.91 Å². The van der Waals surface area contributed by atoms with E-state index in [0.717, 1.165) is 0 Å². The zero-order valence-corrected chi connectivity index (χ0v) is 10.8. The highest BCUT2D eigenvalue weighted by Crippen LogP contribution is 2.27. The van der Waals surface area contributed by atoms with Crippen LogP contribution in [0.25, 0.3) is 0 Å². The Labute approximate surface area is 93.2 Å². The van der Waals surface area contributed by atoms with Crippen LogP contribution in [-0.2, 0) is 4.79 Å². The van der Waals surface area contributed by atoms with Gasteiger partial charge < -0.3 is 4.90 Å². The molecule has 1 rings (SSSR count). The van der Waals surface area contributed by atoms with Crippen LogP contribution >= 0.6 is 0 Å². The smallest absolute Gasteiger partial charge is 0.225 e. The first-order valence-corrected chi connectivity index (χ1v) is 5.66. The van der Waals surface area contributed by atoms with Crippen LogP contribution in [0, 0.1) is 5.41 Å². The van der Waals surface area contributed by atoms with Gasteiger partial charge in [0.25, 0.3) is 0 Å². The van der Waals surface area contributed by atoms with Crippen molar-refractivity contribution in [3.05, 3.63) is 0 Å². The average molecular weight is 212 g/mol. The molecule has 0 aliphatic carbocycles. The number of carbonyl (C=O) groups is 1. The van der Waals surface area contributed by atoms with Gasteiger partial charge in [-0.05, 0) is 26.2 Å². The van der Waals surface area contributed by atoms with E-state index in [4.69, 9.17) is 0 Å². The van der Waals surface area contributed by atoms with E-state index >= 15 is 0 Å². The van der Waals surface area contributed by atoms with Gasteiger partial charge in [0.1, 0.15) is 0 Å². The van der Waals surface area contributed by atoms with Crippen LogP contribution < -0.4 is 5.32 Å². The van der Waals surface area contributed by atoms with Gasteiger partial charge in [-0.3, -0.25) is 10.1 Å². The molecule has 1 fully saturated rings. The second-order valence-electron chi connectivity index (χ2n) is 6.48. The lowest BCUT2D eigenvalue weighted by Gasteiger charge is -2.44. The van der Waals surface area contributed by atoms with E-state index < -0.39 is 0 Å². The molecular formula is C12H24N2O. The summed E-state index contributed by atoms with van der Waals surface area (Å²) in [5.41, 5.74) is 0.0760. The maximum absolute atomic E-state index is 12.0. The van der Waals surface area contributed by atoms with E-state index in [1.54, 1.807) is 0 Å². The van der Waals surface area contributed by atoms with Crippen molar-refractivity contribution >= 4 is 5.91 Å². The molecule has 0 bridgehead atoms. The normalized spacial score (nSPS) is 24.5. The first-order valence-electron chi connectivity index (χ1n) is 5.66. The molecule has 3 heteroatoms. The van der Waals surface area contributed by atoms with Gasteiger partial charge in [-0.2, -0.15) is 0 Å². The molecule has 1 heterocycles. The minimum atomic E-state index is -0.0765. The molecule has 1 unspecified atom stereocenters. The Hall–Kier alpha value is -0.570. The molecular weight excluding hydrogens is 188 g/mol. The Bertz CT molecular complexity index is 247. The van der Waals surface area contributed by atoms with Gasteiger partial charge in [-0.1, -0.05) is 20.8 Å². The molecule has 0 radical (unpaired) electrons. The van der Waals surface area contributed by atoms with Crippen molar-refractivity contribution in [1.29, 1.82) is 0 Å². The van der Waals surface area contributed by atoms with E-state index in [9.17, 15) is 4.79 Å². The van der Waals surface area contributed by atoms with E-state index in [2.05, 4.69) is 46.9 Å².